The molecule has 0 unspecified atom stereocenters. The van der Waals surface area contributed by atoms with Crippen molar-refractivity contribution in [3.63, 3.8) is 0 Å². The van der Waals surface area contributed by atoms with Crippen molar-refractivity contribution in [2.75, 3.05) is 6.61 Å². The van der Waals surface area contributed by atoms with Crippen molar-refractivity contribution in [1.29, 1.82) is 0 Å². The number of rotatable bonds is 6. The Morgan fingerprint density at radius 2 is 2.13 bits per heavy atom. The molecule has 0 aliphatic heterocycles. The smallest absolute Gasteiger partial charge is 0.327 e. The van der Waals surface area contributed by atoms with Gasteiger partial charge in [0.25, 0.3) is 5.56 Å². The zero-order chi connectivity index (χ0) is 16.6. The van der Waals surface area contributed by atoms with Gasteiger partial charge in [-0.3, -0.25) is 9.59 Å². The molecule has 2 heterocycles. The molecule has 0 bridgehead atoms. The summed E-state index contributed by atoms with van der Waals surface area (Å²) < 4.78 is 7.77. The van der Waals surface area contributed by atoms with Crippen LogP contribution in [0, 0.1) is 5.92 Å². The molecule has 3 rings (SSSR count). The lowest BCUT2D eigenvalue weighted by molar-refractivity contribution is -0.144. The highest BCUT2D eigenvalue weighted by atomic mass is 16.5. The largest absolute Gasteiger partial charge is 0.465 e. The predicted molar refractivity (Wildman–Crippen MR) is 84.4 cm³/mol. The number of carbonyl (C=O) groups excluding carboxylic acids is 1. The molecule has 0 radical (unpaired) electrons. The van der Waals surface area contributed by atoms with Crippen LogP contribution in [0.5, 0.6) is 0 Å². The highest BCUT2D eigenvalue weighted by Crippen LogP contribution is 2.39. The van der Waals surface area contributed by atoms with Crippen LogP contribution in [-0.4, -0.2) is 32.0 Å². The fourth-order valence-corrected chi connectivity index (χ4v) is 2.61. The molecule has 7 heteroatoms. The van der Waals surface area contributed by atoms with Gasteiger partial charge in [0, 0.05) is 12.3 Å². The van der Waals surface area contributed by atoms with Crippen LogP contribution in [0.1, 0.15) is 51.0 Å². The molecule has 0 saturated heterocycles. The molecule has 2 aromatic heterocycles. The molecule has 2 aromatic rings. The summed E-state index contributed by atoms with van der Waals surface area (Å²) in [5.74, 6) is 1.07. The second-order valence-corrected chi connectivity index (χ2v) is 6.42. The second kappa shape index (κ2) is 6.14. The minimum absolute atomic E-state index is 0.168. The number of ether oxygens (including phenoxy) is 1. The molecule has 23 heavy (non-hydrogen) atoms. The van der Waals surface area contributed by atoms with Gasteiger partial charge in [-0.05, 0) is 31.7 Å². The van der Waals surface area contributed by atoms with Crippen LogP contribution in [-0.2, 0) is 22.5 Å². The molecule has 1 aliphatic carbocycles. The van der Waals surface area contributed by atoms with Gasteiger partial charge in [-0.1, -0.05) is 13.8 Å². The van der Waals surface area contributed by atoms with Crippen molar-refractivity contribution in [2.45, 2.75) is 52.5 Å². The van der Waals surface area contributed by atoms with Gasteiger partial charge in [-0.15, -0.1) is 0 Å². The van der Waals surface area contributed by atoms with E-state index in [1.165, 1.54) is 4.68 Å². The summed E-state index contributed by atoms with van der Waals surface area (Å²) >= 11 is 0. The molecule has 7 nitrogen and oxygen atoms in total. The van der Waals surface area contributed by atoms with Crippen molar-refractivity contribution >= 4 is 11.5 Å². The van der Waals surface area contributed by atoms with Crippen molar-refractivity contribution in [3.8, 4) is 0 Å². The fourth-order valence-electron chi connectivity index (χ4n) is 2.61. The lowest BCUT2D eigenvalue weighted by atomic mass is 10.1. The average Bonchev–Trinajstić information content (AvgIpc) is 3.22. The van der Waals surface area contributed by atoms with Gasteiger partial charge < -0.3 is 4.74 Å². The standard InChI is InChI=1S/C16H22N4O3/c1-4-23-15(21)9-19-16(22)13-8-12(11-5-6-11)17-20(13)14(18-19)7-10(2)3/h8,10-11H,4-7,9H2,1-3H3. The van der Waals surface area contributed by atoms with Crippen LogP contribution in [0.3, 0.4) is 0 Å². The monoisotopic (exact) mass is 318 g/mol. The Morgan fingerprint density at radius 1 is 1.39 bits per heavy atom. The third-order valence-electron chi connectivity index (χ3n) is 3.83. The number of hydrogen-bond donors (Lipinski definition) is 0. The molecule has 0 spiro atoms. The number of hydrogen-bond acceptors (Lipinski definition) is 5. The summed E-state index contributed by atoms with van der Waals surface area (Å²) in [4.78, 5) is 24.3. The van der Waals surface area contributed by atoms with E-state index in [1.54, 1.807) is 11.4 Å². The van der Waals surface area contributed by atoms with Gasteiger partial charge in [0.15, 0.2) is 5.82 Å². The third-order valence-corrected chi connectivity index (χ3v) is 3.83. The summed E-state index contributed by atoms with van der Waals surface area (Å²) in [7, 11) is 0. The van der Waals surface area contributed by atoms with Gasteiger partial charge in [-0.2, -0.15) is 10.2 Å². The van der Waals surface area contributed by atoms with E-state index >= 15 is 0 Å². The topological polar surface area (TPSA) is 78.5 Å². The molecule has 0 amide bonds. The maximum atomic E-state index is 12.6. The van der Waals surface area contributed by atoms with E-state index in [2.05, 4.69) is 24.0 Å². The number of carbonyl (C=O) groups is 1. The Morgan fingerprint density at radius 3 is 2.74 bits per heavy atom. The van der Waals surface area contributed by atoms with Crippen LogP contribution >= 0.6 is 0 Å². The second-order valence-electron chi connectivity index (χ2n) is 6.42. The van der Waals surface area contributed by atoms with Crippen molar-refractivity contribution in [1.82, 2.24) is 19.4 Å². The highest BCUT2D eigenvalue weighted by Gasteiger charge is 2.28. The quantitative estimate of drug-likeness (QED) is 0.755. The number of nitrogens with zero attached hydrogens (tertiary/aromatic N) is 4. The maximum absolute atomic E-state index is 12.6. The fraction of sp³-hybridized carbons (Fsp3) is 0.625. The van der Waals surface area contributed by atoms with E-state index in [9.17, 15) is 9.59 Å². The molecule has 1 fully saturated rings. The molecular formula is C16H22N4O3. The molecular weight excluding hydrogens is 296 g/mol. The van der Waals surface area contributed by atoms with Gasteiger partial charge in [0.1, 0.15) is 12.1 Å². The van der Waals surface area contributed by atoms with Gasteiger partial charge in [0.2, 0.25) is 0 Å². The summed E-state index contributed by atoms with van der Waals surface area (Å²) in [5, 5.41) is 8.93. The molecule has 1 aliphatic rings. The lowest BCUT2D eigenvalue weighted by Gasteiger charge is -2.10. The molecule has 0 aromatic carbocycles. The van der Waals surface area contributed by atoms with Crippen LogP contribution < -0.4 is 5.56 Å². The van der Waals surface area contributed by atoms with E-state index in [0.29, 0.717) is 29.6 Å². The first-order valence-corrected chi connectivity index (χ1v) is 8.14. The van der Waals surface area contributed by atoms with E-state index in [-0.39, 0.29) is 18.7 Å². The van der Waals surface area contributed by atoms with Crippen molar-refractivity contribution in [2.24, 2.45) is 5.92 Å². The predicted octanol–water partition coefficient (Wildman–Crippen LogP) is 1.53. The molecule has 0 atom stereocenters. The van der Waals surface area contributed by atoms with Crippen molar-refractivity contribution < 1.29 is 9.53 Å². The van der Waals surface area contributed by atoms with E-state index in [0.717, 1.165) is 18.5 Å². The third kappa shape index (κ3) is 3.28. The Bertz CT molecular complexity index is 786. The van der Waals surface area contributed by atoms with Crippen LogP contribution in [0.15, 0.2) is 10.9 Å². The summed E-state index contributed by atoms with van der Waals surface area (Å²) in [6.45, 7) is 6.02. The van der Waals surface area contributed by atoms with Crippen molar-refractivity contribution in [3.05, 3.63) is 27.9 Å². The van der Waals surface area contributed by atoms with E-state index in [1.807, 2.05) is 6.07 Å². The Kier molecular flexibility index (Phi) is 4.19. The number of fused-ring (bicyclic) bond motifs is 1. The normalized spacial score (nSPS) is 14.6. The number of aromatic nitrogens is 4. The summed E-state index contributed by atoms with van der Waals surface area (Å²) in [6, 6.07) is 1.84. The zero-order valence-corrected chi connectivity index (χ0v) is 13.8. The van der Waals surface area contributed by atoms with Gasteiger partial charge in [-0.25, -0.2) is 9.20 Å². The number of esters is 1. The SMILES string of the molecule is CCOC(=O)Cn1nc(CC(C)C)n2nc(C3CC3)cc2c1=O. The Balaban J connectivity index is 2.07. The summed E-state index contributed by atoms with van der Waals surface area (Å²) in [6.07, 6.45) is 2.92. The van der Waals surface area contributed by atoms with Gasteiger partial charge in [0.05, 0.1) is 12.3 Å². The van der Waals surface area contributed by atoms with E-state index < -0.39 is 5.97 Å². The highest BCUT2D eigenvalue weighted by molar-refractivity contribution is 5.69. The first-order chi connectivity index (χ1) is 11.0. The van der Waals surface area contributed by atoms with Crippen LogP contribution in [0.2, 0.25) is 0 Å². The molecule has 1 saturated carbocycles. The Labute approximate surface area is 134 Å². The van der Waals surface area contributed by atoms with E-state index in [4.69, 9.17) is 4.74 Å². The minimum Gasteiger partial charge on any atom is -0.465 e. The minimum atomic E-state index is -0.455. The lowest BCUT2D eigenvalue weighted by Crippen LogP contribution is -2.31. The first kappa shape index (κ1) is 15.7. The maximum Gasteiger partial charge on any atom is 0.327 e. The summed E-state index contributed by atoms with van der Waals surface area (Å²) in [5.41, 5.74) is 1.13. The van der Waals surface area contributed by atoms with Crippen LogP contribution in [0.25, 0.3) is 5.52 Å². The van der Waals surface area contributed by atoms with Gasteiger partial charge >= 0.3 is 5.97 Å². The first-order valence-electron chi connectivity index (χ1n) is 8.14. The average molecular weight is 318 g/mol. The molecule has 0 N–H and O–H groups in total. The Hall–Kier alpha value is -2.18. The van der Waals surface area contributed by atoms with Crippen LogP contribution in [0.4, 0.5) is 0 Å². The molecule has 124 valence electrons. The zero-order valence-electron chi connectivity index (χ0n) is 13.8.